The molecule has 1 aliphatic carbocycles. The zero-order valence-electron chi connectivity index (χ0n) is 13.8. The quantitative estimate of drug-likeness (QED) is 0.799. The van der Waals surface area contributed by atoms with Crippen molar-refractivity contribution in [2.45, 2.75) is 33.2 Å². The van der Waals surface area contributed by atoms with E-state index in [0.717, 1.165) is 30.3 Å². The van der Waals surface area contributed by atoms with Crippen LogP contribution in [0.2, 0.25) is 0 Å². The summed E-state index contributed by atoms with van der Waals surface area (Å²) in [5.74, 6) is 2.83. The summed E-state index contributed by atoms with van der Waals surface area (Å²) in [5.41, 5.74) is 1.60. The Bertz CT molecular complexity index is 481. The minimum absolute atomic E-state index is 0.504. The monoisotopic (exact) mass is 293 g/mol. The molecule has 4 nitrogen and oxygen atoms in total. The summed E-state index contributed by atoms with van der Waals surface area (Å²) in [6.45, 7) is 6.46. The molecular formula is C17H27NO3. The van der Waals surface area contributed by atoms with Gasteiger partial charge < -0.3 is 19.5 Å². The minimum atomic E-state index is 0.504. The van der Waals surface area contributed by atoms with Crippen molar-refractivity contribution in [3.05, 3.63) is 17.7 Å². The molecule has 1 aromatic rings. The minimum Gasteiger partial charge on any atom is -0.493 e. The van der Waals surface area contributed by atoms with Crippen molar-refractivity contribution in [3.8, 4) is 17.2 Å². The van der Waals surface area contributed by atoms with Crippen LogP contribution >= 0.6 is 0 Å². The molecule has 1 aromatic carbocycles. The number of nitrogens with one attached hydrogen (secondary N) is 1. The molecule has 0 aromatic heterocycles. The second-order valence-corrected chi connectivity index (χ2v) is 6.11. The molecule has 0 aliphatic heterocycles. The maximum absolute atomic E-state index is 5.51. The highest BCUT2D eigenvalue weighted by Gasteiger charge is 2.44. The fourth-order valence-corrected chi connectivity index (χ4v) is 2.87. The van der Waals surface area contributed by atoms with E-state index in [2.05, 4.69) is 19.2 Å². The molecule has 4 heteroatoms. The van der Waals surface area contributed by atoms with E-state index in [1.807, 2.05) is 12.1 Å². The zero-order valence-corrected chi connectivity index (χ0v) is 13.8. The molecule has 0 heterocycles. The van der Waals surface area contributed by atoms with Gasteiger partial charge in [-0.1, -0.05) is 19.9 Å². The first kappa shape index (κ1) is 16.0. The summed E-state index contributed by atoms with van der Waals surface area (Å²) >= 11 is 0. The van der Waals surface area contributed by atoms with E-state index in [-0.39, 0.29) is 0 Å². The highest BCUT2D eigenvalue weighted by molar-refractivity contribution is 5.55. The van der Waals surface area contributed by atoms with Crippen molar-refractivity contribution >= 4 is 0 Å². The smallest absolute Gasteiger partial charge is 0.203 e. The van der Waals surface area contributed by atoms with Gasteiger partial charge in [0.25, 0.3) is 0 Å². The largest absolute Gasteiger partial charge is 0.493 e. The van der Waals surface area contributed by atoms with Crippen molar-refractivity contribution in [1.82, 2.24) is 5.32 Å². The van der Waals surface area contributed by atoms with Crippen LogP contribution in [0.4, 0.5) is 0 Å². The highest BCUT2D eigenvalue weighted by atomic mass is 16.5. The average molecular weight is 293 g/mol. The molecule has 21 heavy (non-hydrogen) atoms. The van der Waals surface area contributed by atoms with Crippen molar-refractivity contribution < 1.29 is 14.2 Å². The molecule has 0 amide bonds. The zero-order chi connectivity index (χ0) is 15.5. The second-order valence-electron chi connectivity index (χ2n) is 6.11. The van der Waals surface area contributed by atoms with Gasteiger partial charge in [0.2, 0.25) is 5.75 Å². The first-order chi connectivity index (χ1) is 10.1. The third-order valence-electron chi connectivity index (χ3n) is 4.70. The lowest BCUT2D eigenvalue weighted by Crippen LogP contribution is -2.27. The number of hydrogen-bond acceptors (Lipinski definition) is 4. The molecule has 1 fully saturated rings. The Labute approximate surface area is 127 Å². The van der Waals surface area contributed by atoms with E-state index >= 15 is 0 Å². The molecule has 2 rings (SSSR count). The number of benzene rings is 1. The van der Waals surface area contributed by atoms with Crippen LogP contribution in [0.1, 0.15) is 32.3 Å². The topological polar surface area (TPSA) is 39.7 Å². The van der Waals surface area contributed by atoms with Crippen LogP contribution in [0.5, 0.6) is 17.2 Å². The Morgan fingerprint density at radius 3 is 2.19 bits per heavy atom. The Hall–Kier alpha value is -1.42. The van der Waals surface area contributed by atoms with Gasteiger partial charge in [-0.05, 0) is 30.2 Å². The van der Waals surface area contributed by atoms with Crippen LogP contribution in [-0.4, -0.2) is 27.9 Å². The van der Waals surface area contributed by atoms with Gasteiger partial charge >= 0.3 is 0 Å². The standard InChI is InChI=1S/C17H27NO3/c1-12(2)17(8-9-17)11-18-10-13-6-7-14(19-3)16(21-5)15(13)20-4/h6-7,12,18H,8-11H2,1-5H3. The molecule has 1 saturated carbocycles. The first-order valence-corrected chi connectivity index (χ1v) is 7.56. The molecular weight excluding hydrogens is 266 g/mol. The number of hydrogen-bond donors (Lipinski definition) is 1. The van der Waals surface area contributed by atoms with Gasteiger partial charge in [0.15, 0.2) is 11.5 Å². The molecule has 0 bridgehead atoms. The number of methoxy groups -OCH3 is 3. The van der Waals surface area contributed by atoms with Gasteiger partial charge in [0.05, 0.1) is 21.3 Å². The Morgan fingerprint density at radius 1 is 1.05 bits per heavy atom. The molecule has 0 saturated heterocycles. The molecule has 0 unspecified atom stereocenters. The maximum Gasteiger partial charge on any atom is 0.203 e. The van der Waals surface area contributed by atoms with Gasteiger partial charge in [-0.15, -0.1) is 0 Å². The van der Waals surface area contributed by atoms with Crippen LogP contribution in [0.3, 0.4) is 0 Å². The fraction of sp³-hybridized carbons (Fsp3) is 0.647. The van der Waals surface area contributed by atoms with Gasteiger partial charge in [-0.2, -0.15) is 0 Å². The normalized spacial score (nSPS) is 15.9. The molecule has 0 atom stereocenters. The van der Waals surface area contributed by atoms with Gasteiger partial charge in [0, 0.05) is 18.7 Å². The first-order valence-electron chi connectivity index (χ1n) is 7.56. The van der Waals surface area contributed by atoms with E-state index in [9.17, 15) is 0 Å². The van der Waals surface area contributed by atoms with Crippen LogP contribution in [0.25, 0.3) is 0 Å². The average Bonchev–Trinajstić information content (AvgIpc) is 3.27. The van der Waals surface area contributed by atoms with Gasteiger partial charge in [0.1, 0.15) is 0 Å². The van der Waals surface area contributed by atoms with E-state index in [1.165, 1.54) is 12.8 Å². The van der Waals surface area contributed by atoms with Crippen molar-refractivity contribution in [3.63, 3.8) is 0 Å². The molecule has 118 valence electrons. The third kappa shape index (κ3) is 3.26. The highest BCUT2D eigenvalue weighted by Crippen LogP contribution is 2.51. The summed E-state index contributed by atoms with van der Waals surface area (Å²) in [5, 5.41) is 3.57. The van der Waals surface area contributed by atoms with Crippen LogP contribution < -0.4 is 19.5 Å². The SMILES string of the molecule is COc1ccc(CNCC2(C(C)C)CC2)c(OC)c1OC. The third-order valence-corrected chi connectivity index (χ3v) is 4.70. The van der Waals surface area contributed by atoms with E-state index in [0.29, 0.717) is 16.9 Å². The Morgan fingerprint density at radius 2 is 1.71 bits per heavy atom. The number of ether oxygens (including phenoxy) is 3. The van der Waals surface area contributed by atoms with E-state index in [1.54, 1.807) is 21.3 Å². The van der Waals surface area contributed by atoms with Crippen LogP contribution in [0, 0.1) is 11.3 Å². The van der Waals surface area contributed by atoms with Crippen LogP contribution in [-0.2, 0) is 6.54 Å². The summed E-state index contributed by atoms with van der Waals surface area (Å²) < 4.78 is 16.2. The summed E-state index contributed by atoms with van der Waals surface area (Å²) in [6, 6.07) is 3.95. The van der Waals surface area contributed by atoms with Crippen molar-refractivity contribution in [2.75, 3.05) is 27.9 Å². The van der Waals surface area contributed by atoms with Crippen molar-refractivity contribution in [2.24, 2.45) is 11.3 Å². The van der Waals surface area contributed by atoms with Gasteiger partial charge in [-0.3, -0.25) is 0 Å². The Balaban J connectivity index is 2.06. The van der Waals surface area contributed by atoms with E-state index < -0.39 is 0 Å². The molecule has 0 radical (unpaired) electrons. The summed E-state index contributed by atoms with van der Waals surface area (Å²) in [4.78, 5) is 0. The van der Waals surface area contributed by atoms with Crippen molar-refractivity contribution in [1.29, 1.82) is 0 Å². The van der Waals surface area contributed by atoms with Crippen LogP contribution in [0.15, 0.2) is 12.1 Å². The number of rotatable bonds is 8. The summed E-state index contributed by atoms with van der Waals surface area (Å²) in [7, 11) is 4.93. The van der Waals surface area contributed by atoms with Gasteiger partial charge in [-0.25, -0.2) is 0 Å². The predicted molar refractivity (Wildman–Crippen MR) is 84.3 cm³/mol. The predicted octanol–water partition coefficient (Wildman–Crippen LogP) is 3.24. The van der Waals surface area contributed by atoms with E-state index in [4.69, 9.17) is 14.2 Å². The molecule has 1 N–H and O–H groups in total. The maximum atomic E-state index is 5.51. The molecule has 1 aliphatic rings. The fourth-order valence-electron chi connectivity index (χ4n) is 2.87. The lowest BCUT2D eigenvalue weighted by atomic mass is 9.92. The second kappa shape index (κ2) is 6.56. The lowest BCUT2D eigenvalue weighted by Gasteiger charge is -2.21. The summed E-state index contributed by atoms with van der Waals surface area (Å²) in [6.07, 6.45) is 2.67. The Kier molecular flexibility index (Phi) is 4.99. The molecule has 0 spiro atoms. The lowest BCUT2D eigenvalue weighted by molar-refractivity contribution is 0.317.